The van der Waals surface area contributed by atoms with E-state index in [9.17, 15) is 9.18 Å². The molecule has 0 aliphatic rings. The molecule has 0 aliphatic carbocycles. The Bertz CT molecular complexity index is 659. The number of rotatable bonds is 4. The fourth-order valence-electron chi connectivity index (χ4n) is 2.01. The quantitative estimate of drug-likeness (QED) is 0.902. The van der Waals surface area contributed by atoms with Crippen molar-refractivity contribution < 1.29 is 18.3 Å². The number of nitrogens with two attached hydrogens (primary N) is 1. The van der Waals surface area contributed by atoms with Crippen molar-refractivity contribution in [3.63, 3.8) is 0 Å². The van der Waals surface area contributed by atoms with E-state index in [2.05, 4.69) is 5.32 Å². The third-order valence-corrected chi connectivity index (χ3v) is 3.03. The van der Waals surface area contributed by atoms with E-state index in [1.54, 1.807) is 45.0 Å². The van der Waals surface area contributed by atoms with Gasteiger partial charge in [0.2, 0.25) is 0 Å². The first-order valence-electron chi connectivity index (χ1n) is 7.34. The van der Waals surface area contributed by atoms with Crippen molar-refractivity contribution in [1.29, 1.82) is 0 Å². The molecule has 0 bridgehead atoms. The van der Waals surface area contributed by atoms with Crippen LogP contribution in [0.2, 0.25) is 0 Å². The van der Waals surface area contributed by atoms with Gasteiger partial charge in [0.1, 0.15) is 29.0 Å². The molecule has 0 saturated heterocycles. The predicted octanol–water partition coefficient (Wildman–Crippen LogP) is 3.61. The van der Waals surface area contributed by atoms with Crippen LogP contribution in [0, 0.1) is 5.82 Å². The first-order valence-corrected chi connectivity index (χ1v) is 7.34. The normalized spacial score (nSPS) is 12.7. The second-order valence-corrected chi connectivity index (χ2v) is 6.14. The zero-order valence-corrected chi connectivity index (χ0v) is 13.4. The third kappa shape index (κ3) is 4.82. The molecule has 1 heterocycles. The van der Waals surface area contributed by atoms with Crippen molar-refractivity contribution in [2.45, 2.75) is 32.4 Å². The van der Waals surface area contributed by atoms with Crippen molar-refractivity contribution >= 4 is 6.09 Å². The summed E-state index contributed by atoms with van der Waals surface area (Å²) in [6.07, 6.45) is -0.562. The average Bonchev–Trinajstić information content (AvgIpc) is 2.93. The van der Waals surface area contributed by atoms with E-state index < -0.39 is 17.7 Å². The third-order valence-electron chi connectivity index (χ3n) is 3.03. The molecule has 6 heteroatoms. The van der Waals surface area contributed by atoms with Crippen molar-refractivity contribution in [3.05, 3.63) is 48.0 Å². The maximum atomic E-state index is 13.0. The maximum Gasteiger partial charge on any atom is 0.408 e. The molecule has 0 spiro atoms. The van der Waals surface area contributed by atoms with E-state index in [1.165, 1.54) is 12.1 Å². The number of ether oxygens (including phenoxy) is 1. The van der Waals surface area contributed by atoms with Gasteiger partial charge in [-0.3, -0.25) is 0 Å². The van der Waals surface area contributed by atoms with E-state index in [1.807, 2.05) is 0 Å². The molecule has 2 aromatic rings. The number of carbonyl (C=O) groups is 1. The number of hydrogen-bond donors (Lipinski definition) is 2. The lowest BCUT2D eigenvalue weighted by Gasteiger charge is -2.22. The number of benzene rings is 1. The zero-order valence-electron chi connectivity index (χ0n) is 13.4. The molecule has 1 atom stereocenters. The van der Waals surface area contributed by atoms with Gasteiger partial charge in [-0.05, 0) is 57.2 Å². The first-order chi connectivity index (χ1) is 10.8. The van der Waals surface area contributed by atoms with E-state index in [0.29, 0.717) is 11.5 Å². The van der Waals surface area contributed by atoms with Gasteiger partial charge in [-0.1, -0.05) is 0 Å². The fraction of sp³-hybridized carbons (Fsp3) is 0.353. The predicted molar refractivity (Wildman–Crippen MR) is 85.3 cm³/mol. The van der Waals surface area contributed by atoms with Crippen LogP contribution < -0.4 is 11.1 Å². The lowest BCUT2D eigenvalue weighted by molar-refractivity contribution is 0.0499. The summed E-state index contributed by atoms with van der Waals surface area (Å²) < 4.78 is 23.9. The molecule has 1 aromatic heterocycles. The minimum Gasteiger partial charge on any atom is -0.459 e. The Labute approximate surface area is 134 Å². The molecule has 0 saturated carbocycles. The average molecular weight is 320 g/mol. The fourth-order valence-corrected chi connectivity index (χ4v) is 2.01. The van der Waals surface area contributed by atoms with Gasteiger partial charge in [0, 0.05) is 12.1 Å². The Morgan fingerprint density at radius 1 is 1.26 bits per heavy atom. The van der Waals surface area contributed by atoms with Gasteiger partial charge < -0.3 is 20.2 Å². The standard InChI is InChI=1S/C17H21FN2O3/c1-17(2,3)23-16(21)20-13(10-19)15-9-8-14(22-15)11-4-6-12(18)7-5-11/h4-9,13H,10,19H2,1-3H3,(H,20,21). The summed E-state index contributed by atoms with van der Waals surface area (Å²) >= 11 is 0. The highest BCUT2D eigenvalue weighted by atomic mass is 19.1. The number of hydrogen-bond acceptors (Lipinski definition) is 4. The molecule has 1 amide bonds. The zero-order chi connectivity index (χ0) is 17.0. The monoisotopic (exact) mass is 320 g/mol. The van der Waals surface area contributed by atoms with Crippen LogP contribution in [0.25, 0.3) is 11.3 Å². The largest absolute Gasteiger partial charge is 0.459 e. The summed E-state index contributed by atoms with van der Waals surface area (Å²) in [6.45, 7) is 5.51. The molecular formula is C17H21FN2O3. The minimum absolute atomic E-state index is 0.162. The molecule has 124 valence electrons. The molecule has 23 heavy (non-hydrogen) atoms. The highest BCUT2D eigenvalue weighted by Gasteiger charge is 2.21. The second-order valence-electron chi connectivity index (χ2n) is 6.14. The van der Waals surface area contributed by atoms with Crippen LogP contribution in [0.3, 0.4) is 0 Å². The van der Waals surface area contributed by atoms with Gasteiger partial charge in [0.15, 0.2) is 0 Å². The van der Waals surface area contributed by atoms with E-state index >= 15 is 0 Å². The summed E-state index contributed by atoms with van der Waals surface area (Å²) in [5.74, 6) is 0.772. The van der Waals surface area contributed by atoms with Crippen molar-refractivity contribution in [1.82, 2.24) is 5.32 Å². The van der Waals surface area contributed by atoms with Crippen molar-refractivity contribution in [3.8, 4) is 11.3 Å². The number of halogens is 1. The summed E-state index contributed by atoms with van der Waals surface area (Å²) in [4.78, 5) is 11.8. The lowest BCUT2D eigenvalue weighted by atomic mass is 10.2. The van der Waals surface area contributed by atoms with Gasteiger partial charge in [-0.25, -0.2) is 9.18 Å². The van der Waals surface area contributed by atoms with Gasteiger partial charge in [-0.2, -0.15) is 0 Å². The summed E-state index contributed by atoms with van der Waals surface area (Å²) in [5, 5.41) is 2.67. The molecule has 0 fully saturated rings. The molecule has 1 aromatic carbocycles. The minimum atomic E-state index is -0.592. The van der Waals surface area contributed by atoms with E-state index in [0.717, 1.165) is 5.56 Å². The van der Waals surface area contributed by atoms with Gasteiger partial charge in [0.05, 0.1) is 0 Å². The Kier molecular flexibility index (Phi) is 5.05. The van der Waals surface area contributed by atoms with Crippen LogP contribution in [0.1, 0.15) is 32.6 Å². The van der Waals surface area contributed by atoms with Crippen LogP contribution in [-0.2, 0) is 4.74 Å². The first kappa shape index (κ1) is 17.0. The Balaban J connectivity index is 2.10. The second kappa shape index (κ2) is 6.83. The van der Waals surface area contributed by atoms with Crippen LogP contribution in [-0.4, -0.2) is 18.2 Å². The lowest BCUT2D eigenvalue weighted by Crippen LogP contribution is -2.37. The number of nitrogens with one attached hydrogen (secondary N) is 1. The highest BCUT2D eigenvalue weighted by molar-refractivity contribution is 5.68. The van der Waals surface area contributed by atoms with E-state index in [-0.39, 0.29) is 12.4 Å². The van der Waals surface area contributed by atoms with Gasteiger partial charge >= 0.3 is 6.09 Å². The van der Waals surface area contributed by atoms with Crippen LogP contribution in [0.4, 0.5) is 9.18 Å². The topological polar surface area (TPSA) is 77.5 Å². The Hall–Kier alpha value is -2.34. The molecule has 5 nitrogen and oxygen atoms in total. The number of amides is 1. The summed E-state index contributed by atoms with van der Waals surface area (Å²) in [5.41, 5.74) is 5.85. The molecule has 1 unspecified atom stereocenters. The maximum absolute atomic E-state index is 13.0. The Morgan fingerprint density at radius 2 is 1.91 bits per heavy atom. The van der Waals surface area contributed by atoms with Crippen molar-refractivity contribution in [2.24, 2.45) is 5.73 Å². The summed E-state index contributed by atoms with van der Waals surface area (Å²) in [7, 11) is 0. The molecule has 2 rings (SSSR count). The molecule has 3 N–H and O–H groups in total. The van der Waals surface area contributed by atoms with Crippen LogP contribution in [0.15, 0.2) is 40.8 Å². The Morgan fingerprint density at radius 3 is 2.48 bits per heavy atom. The molecule has 0 aliphatic heterocycles. The van der Waals surface area contributed by atoms with Gasteiger partial charge in [-0.15, -0.1) is 0 Å². The number of furan rings is 1. The van der Waals surface area contributed by atoms with Gasteiger partial charge in [0.25, 0.3) is 0 Å². The van der Waals surface area contributed by atoms with Crippen LogP contribution in [0.5, 0.6) is 0 Å². The molecule has 0 radical (unpaired) electrons. The summed E-state index contributed by atoms with van der Waals surface area (Å²) in [6, 6.07) is 8.94. The number of carbonyl (C=O) groups excluding carboxylic acids is 1. The van der Waals surface area contributed by atoms with Crippen LogP contribution >= 0.6 is 0 Å². The molecular weight excluding hydrogens is 299 g/mol. The van der Waals surface area contributed by atoms with E-state index in [4.69, 9.17) is 14.9 Å². The van der Waals surface area contributed by atoms with Crippen molar-refractivity contribution in [2.75, 3.05) is 6.54 Å². The smallest absolute Gasteiger partial charge is 0.408 e. The number of alkyl carbamates (subject to hydrolysis) is 1. The SMILES string of the molecule is CC(C)(C)OC(=O)NC(CN)c1ccc(-c2ccc(F)cc2)o1. The highest BCUT2D eigenvalue weighted by Crippen LogP contribution is 2.25.